The Morgan fingerprint density at radius 3 is 2.65 bits per heavy atom. The van der Waals surface area contributed by atoms with Crippen molar-refractivity contribution in [1.82, 2.24) is 25.1 Å². The first-order valence-electron chi connectivity index (χ1n) is 7.08. The number of aromatic nitrogens is 4. The van der Waals surface area contributed by atoms with E-state index in [1.165, 1.54) is 11.9 Å². The first-order chi connectivity index (χ1) is 9.48. The maximum absolute atomic E-state index is 4.64. The van der Waals surface area contributed by atoms with E-state index in [0.29, 0.717) is 0 Å². The van der Waals surface area contributed by atoms with E-state index < -0.39 is 0 Å². The highest BCUT2D eigenvalue weighted by Gasteiger charge is 2.10. The van der Waals surface area contributed by atoms with Crippen molar-refractivity contribution in [3.8, 4) is 5.82 Å². The van der Waals surface area contributed by atoms with Crippen LogP contribution in [0, 0.1) is 0 Å². The maximum Gasteiger partial charge on any atom is 0.155 e. The average Bonchev–Trinajstić information content (AvgIpc) is 2.89. The van der Waals surface area contributed by atoms with Gasteiger partial charge in [-0.05, 0) is 44.9 Å². The summed E-state index contributed by atoms with van der Waals surface area (Å²) in [6.45, 7) is 9.49. The second kappa shape index (κ2) is 6.13. The Kier molecular flexibility index (Phi) is 4.49. The van der Waals surface area contributed by atoms with Gasteiger partial charge in [0.2, 0.25) is 0 Å². The van der Waals surface area contributed by atoms with Gasteiger partial charge in [-0.3, -0.25) is 0 Å². The minimum absolute atomic E-state index is 0.0988. The monoisotopic (exact) mass is 273 g/mol. The molecule has 2 heterocycles. The molecule has 0 aliphatic heterocycles. The van der Waals surface area contributed by atoms with Gasteiger partial charge in [0.05, 0.1) is 0 Å². The van der Waals surface area contributed by atoms with E-state index in [0.717, 1.165) is 30.9 Å². The molecule has 0 aliphatic carbocycles. The Morgan fingerprint density at radius 1 is 1.25 bits per heavy atom. The fourth-order valence-corrected chi connectivity index (χ4v) is 1.93. The van der Waals surface area contributed by atoms with Crippen LogP contribution in [0.15, 0.2) is 24.8 Å². The van der Waals surface area contributed by atoms with Crippen molar-refractivity contribution in [2.45, 2.75) is 52.6 Å². The van der Waals surface area contributed by atoms with Crippen molar-refractivity contribution in [2.24, 2.45) is 0 Å². The van der Waals surface area contributed by atoms with Crippen molar-refractivity contribution in [3.63, 3.8) is 0 Å². The van der Waals surface area contributed by atoms with Crippen LogP contribution in [-0.4, -0.2) is 25.3 Å². The summed E-state index contributed by atoms with van der Waals surface area (Å²) >= 11 is 0. The molecule has 0 amide bonds. The molecule has 108 valence electrons. The zero-order chi connectivity index (χ0) is 14.6. The molecular formula is C15H23N5. The van der Waals surface area contributed by atoms with Gasteiger partial charge >= 0.3 is 0 Å². The Labute approximate surface area is 120 Å². The van der Waals surface area contributed by atoms with Gasteiger partial charge in [-0.25, -0.2) is 14.6 Å². The van der Waals surface area contributed by atoms with Gasteiger partial charge in [0.1, 0.15) is 12.7 Å². The third-order valence-corrected chi connectivity index (χ3v) is 2.91. The zero-order valence-electron chi connectivity index (χ0n) is 12.7. The number of nitrogens with zero attached hydrogens (tertiary/aromatic N) is 4. The summed E-state index contributed by atoms with van der Waals surface area (Å²) in [5.41, 5.74) is 2.43. The van der Waals surface area contributed by atoms with E-state index in [1.807, 2.05) is 0 Å². The number of rotatable bonds is 5. The van der Waals surface area contributed by atoms with Gasteiger partial charge in [0.25, 0.3) is 0 Å². The van der Waals surface area contributed by atoms with Crippen LogP contribution in [0.2, 0.25) is 0 Å². The van der Waals surface area contributed by atoms with E-state index in [4.69, 9.17) is 0 Å². The first kappa shape index (κ1) is 14.7. The van der Waals surface area contributed by atoms with Crippen LogP contribution in [-0.2, 0) is 13.0 Å². The second-order valence-corrected chi connectivity index (χ2v) is 6.02. The normalized spacial score (nSPS) is 11.8. The average molecular weight is 273 g/mol. The number of pyridine rings is 1. The van der Waals surface area contributed by atoms with Crippen LogP contribution in [0.5, 0.6) is 0 Å². The lowest BCUT2D eigenvalue weighted by atomic mass is 10.1. The molecule has 0 unspecified atom stereocenters. The third kappa shape index (κ3) is 4.13. The smallest absolute Gasteiger partial charge is 0.155 e. The Morgan fingerprint density at radius 2 is 2.05 bits per heavy atom. The van der Waals surface area contributed by atoms with Gasteiger partial charge in [-0.15, -0.1) is 0 Å². The van der Waals surface area contributed by atoms with Crippen LogP contribution in [0.4, 0.5) is 0 Å². The van der Waals surface area contributed by atoms with E-state index in [2.05, 4.69) is 60.2 Å². The molecule has 0 atom stereocenters. The van der Waals surface area contributed by atoms with Gasteiger partial charge < -0.3 is 5.32 Å². The predicted octanol–water partition coefficient (Wildman–Crippen LogP) is 2.50. The van der Waals surface area contributed by atoms with Gasteiger partial charge in [0.15, 0.2) is 5.82 Å². The lowest BCUT2D eigenvalue weighted by Crippen LogP contribution is -2.35. The highest BCUT2D eigenvalue weighted by atomic mass is 15.3. The van der Waals surface area contributed by atoms with Crippen LogP contribution >= 0.6 is 0 Å². The zero-order valence-corrected chi connectivity index (χ0v) is 12.7. The maximum atomic E-state index is 4.64. The molecule has 2 aromatic heterocycles. The second-order valence-electron chi connectivity index (χ2n) is 6.02. The summed E-state index contributed by atoms with van der Waals surface area (Å²) in [4.78, 5) is 8.63. The molecule has 0 aromatic carbocycles. The fourth-order valence-electron chi connectivity index (χ4n) is 1.93. The molecule has 5 nitrogen and oxygen atoms in total. The molecule has 0 aliphatic rings. The molecule has 0 bridgehead atoms. The highest BCUT2D eigenvalue weighted by Crippen LogP contribution is 2.12. The standard InChI is InChI=1S/C15H23N5/c1-5-6-13-7-12(9-17-15(2,3)4)8-14(19-13)20-11-16-10-18-20/h7-8,10-11,17H,5-6,9H2,1-4H3. The molecule has 0 spiro atoms. The summed E-state index contributed by atoms with van der Waals surface area (Å²) in [7, 11) is 0. The Bertz CT molecular complexity index is 540. The van der Waals surface area contributed by atoms with E-state index in [1.54, 1.807) is 11.0 Å². The highest BCUT2D eigenvalue weighted by molar-refractivity contribution is 5.30. The van der Waals surface area contributed by atoms with Crippen molar-refractivity contribution in [2.75, 3.05) is 0 Å². The molecule has 0 saturated heterocycles. The Hall–Kier alpha value is -1.75. The minimum Gasteiger partial charge on any atom is -0.308 e. The van der Waals surface area contributed by atoms with Crippen LogP contribution < -0.4 is 5.32 Å². The summed E-state index contributed by atoms with van der Waals surface area (Å²) in [6, 6.07) is 4.23. The number of nitrogens with one attached hydrogen (secondary N) is 1. The SMILES string of the molecule is CCCc1cc(CNC(C)(C)C)cc(-n2cncn2)n1. The van der Waals surface area contributed by atoms with E-state index in [9.17, 15) is 0 Å². The van der Waals surface area contributed by atoms with E-state index >= 15 is 0 Å². The summed E-state index contributed by atoms with van der Waals surface area (Å²) in [5.74, 6) is 0.833. The van der Waals surface area contributed by atoms with Gasteiger partial charge in [-0.2, -0.15) is 5.10 Å². The largest absolute Gasteiger partial charge is 0.308 e. The quantitative estimate of drug-likeness (QED) is 0.909. The molecular weight excluding hydrogens is 250 g/mol. The molecule has 2 aromatic rings. The summed E-state index contributed by atoms with van der Waals surface area (Å²) in [5, 5.41) is 7.67. The molecule has 5 heteroatoms. The molecule has 0 saturated carbocycles. The van der Waals surface area contributed by atoms with Crippen molar-refractivity contribution in [3.05, 3.63) is 36.0 Å². The first-order valence-corrected chi connectivity index (χ1v) is 7.08. The van der Waals surface area contributed by atoms with Gasteiger partial charge in [-0.1, -0.05) is 13.3 Å². The number of hydrogen-bond acceptors (Lipinski definition) is 4. The van der Waals surface area contributed by atoms with Crippen molar-refractivity contribution in [1.29, 1.82) is 0 Å². The number of hydrogen-bond donors (Lipinski definition) is 1. The topological polar surface area (TPSA) is 55.6 Å². The van der Waals surface area contributed by atoms with Crippen LogP contribution in [0.1, 0.15) is 45.4 Å². The third-order valence-electron chi connectivity index (χ3n) is 2.91. The molecule has 0 fully saturated rings. The lowest BCUT2D eigenvalue weighted by molar-refractivity contribution is 0.424. The van der Waals surface area contributed by atoms with Gasteiger partial charge in [0, 0.05) is 17.8 Å². The predicted molar refractivity (Wildman–Crippen MR) is 79.7 cm³/mol. The molecule has 20 heavy (non-hydrogen) atoms. The van der Waals surface area contributed by atoms with Crippen LogP contribution in [0.25, 0.3) is 5.82 Å². The lowest BCUT2D eigenvalue weighted by Gasteiger charge is -2.21. The summed E-state index contributed by atoms with van der Waals surface area (Å²) in [6.07, 6.45) is 5.27. The van der Waals surface area contributed by atoms with E-state index in [-0.39, 0.29) is 5.54 Å². The minimum atomic E-state index is 0.0988. The van der Waals surface area contributed by atoms with Crippen molar-refractivity contribution < 1.29 is 0 Å². The fraction of sp³-hybridized carbons (Fsp3) is 0.533. The Balaban J connectivity index is 2.26. The van der Waals surface area contributed by atoms with Crippen LogP contribution in [0.3, 0.4) is 0 Å². The molecule has 1 N–H and O–H groups in total. The molecule has 0 radical (unpaired) electrons. The van der Waals surface area contributed by atoms with Crippen molar-refractivity contribution >= 4 is 0 Å². The summed E-state index contributed by atoms with van der Waals surface area (Å²) < 4.78 is 1.71. The number of aryl methyl sites for hydroxylation is 1. The molecule has 2 rings (SSSR count).